The second-order valence-corrected chi connectivity index (χ2v) is 11.2. The fourth-order valence-electron chi connectivity index (χ4n) is 4.89. The highest BCUT2D eigenvalue weighted by Gasteiger charge is 2.32. The Morgan fingerprint density at radius 2 is 1.55 bits per heavy atom. The number of methoxy groups -OCH3 is 2. The van der Waals surface area contributed by atoms with Gasteiger partial charge in [0.1, 0.15) is 11.5 Å². The Balaban J connectivity index is 1.42. The molecule has 0 saturated heterocycles. The number of fused-ring (bicyclic) bond motifs is 3. The molecule has 0 spiro atoms. The Bertz CT molecular complexity index is 1820. The van der Waals surface area contributed by atoms with Crippen LogP contribution < -0.4 is 19.5 Å². The summed E-state index contributed by atoms with van der Waals surface area (Å²) in [7, 11) is -1.05. The Morgan fingerprint density at radius 1 is 0.857 bits per heavy atom. The van der Waals surface area contributed by atoms with E-state index in [1.165, 1.54) is 62.8 Å². The van der Waals surface area contributed by atoms with E-state index in [1.54, 1.807) is 36.4 Å². The predicted molar refractivity (Wildman–Crippen MR) is 153 cm³/mol. The van der Waals surface area contributed by atoms with E-state index in [1.807, 2.05) is 0 Å². The van der Waals surface area contributed by atoms with E-state index in [4.69, 9.17) is 9.47 Å². The number of carbonyl (C=O) groups is 3. The van der Waals surface area contributed by atoms with Crippen LogP contribution in [0.5, 0.6) is 11.5 Å². The van der Waals surface area contributed by atoms with E-state index in [0.29, 0.717) is 39.3 Å². The van der Waals surface area contributed by atoms with Crippen LogP contribution in [0.4, 0.5) is 0 Å². The highest BCUT2D eigenvalue weighted by molar-refractivity contribution is 7.89. The summed E-state index contributed by atoms with van der Waals surface area (Å²) in [5.74, 6) is -1.39. The summed E-state index contributed by atoms with van der Waals surface area (Å²) in [5, 5.41) is 12.6. The summed E-state index contributed by atoms with van der Waals surface area (Å²) in [6, 6.07) is 20.5. The maximum absolute atomic E-state index is 13.5. The number of benzene rings is 4. The first-order valence-electron chi connectivity index (χ1n) is 12.8. The van der Waals surface area contributed by atoms with Crippen molar-refractivity contribution in [2.24, 2.45) is 0 Å². The zero-order valence-electron chi connectivity index (χ0n) is 22.6. The van der Waals surface area contributed by atoms with E-state index in [9.17, 15) is 27.9 Å². The molecule has 42 heavy (non-hydrogen) atoms. The Hall–Kier alpha value is -5.00. The number of sulfonamides is 1. The molecule has 1 aliphatic carbocycles. The van der Waals surface area contributed by atoms with Gasteiger partial charge in [-0.25, -0.2) is 17.9 Å². The molecular formula is C31H26N2O8S. The lowest BCUT2D eigenvalue weighted by Crippen LogP contribution is -2.34. The van der Waals surface area contributed by atoms with E-state index < -0.39 is 27.9 Å². The van der Waals surface area contributed by atoms with Crippen molar-refractivity contribution in [3.63, 3.8) is 0 Å². The number of carboxylic acids is 1. The number of carbonyl (C=O) groups excluding carboxylic acids is 2. The number of rotatable bonds is 10. The number of hydrogen-bond acceptors (Lipinski definition) is 7. The van der Waals surface area contributed by atoms with Crippen molar-refractivity contribution >= 4 is 27.7 Å². The van der Waals surface area contributed by atoms with E-state index in [0.717, 1.165) is 0 Å². The lowest BCUT2D eigenvalue weighted by atomic mass is 9.97. The number of aliphatic carboxylic acids is 1. The molecule has 0 heterocycles. The molecule has 10 nitrogen and oxygen atoms in total. The van der Waals surface area contributed by atoms with Crippen LogP contribution in [0.3, 0.4) is 0 Å². The minimum atomic E-state index is -3.92. The van der Waals surface area contributed by atoms with Gasteiger partial charge in [-0.15, -0.1) is 0 Å². The van der Waals surface area contributed by atoms with Gasteiger partial charge in [-0.2, -0.15) is 0 Å². The van der Waals surface area contributed by atoms with Gasteiger partial charge < -0.3 is 19.9 Å². The maximum Gasteiger partial charge on any atom is 0.330 e. The minimum absolute atomic E-state index is 0.0181. The SMILES string of the molecule is COc1ccc(S(=O)(=O)NCc2cc(C(NC(=O)c3cccc4c3-c3ccccc3C4=O)C(=O)O)ccc2OC)cc1. The van der Waals surface area contributed by atoms with Gasteiger partial charge in [-0.3, -0.25) is 9.59 Å². The largest absolute Gasteiger partial charge is 0.497 e. The average Bonchev–Trinajstić information content (AvgIpc) is 3.30. The first-order valence-corrected chi connectivity index (χ1v) is 14.2. The van der Waals surface area contributed by atoms with Crippen LogP contribution in [-0.4, -0.2) is 45.4 Å². The van der Waals surface area contributed by atoms with E-state index in [-0.39, 0.29) is 28.4 Å². The van der Waals surface area contributed by atoms with Gasteiger partial charge in [0, 0.05) is 34.4 Å². The maximum atomic E-state index is 13.5. The molecule has 11 heteroatoms. The molecule has 3 N–H and O–H groups in total. The molecule has 0 bridgehead atoms. The molecule has 0 saturated carbocycles. The molecule has 1 atom stereocenters. The number of carboxylic acid groups (broad SMARTS) is 1. The second kappa shape index (κ2) is 11.5. The molecule has 5 rings (SSSR count). The molecule has 1 amide bonds. The van der Waals surface area contributed by atoms with Crippen LogP contribution in [0, 0.1) is 0 Å². The number of amides is 1. The van der Waals surface area contributed by atoms with Crippen LogP contribution in [0.1, 0.15) is 43.4 Å². The van der Waals surface area contributed by atoms with Gasteiger partial charge in [-0.05, 0) is 53.6 Å². The third kappa shape index (κ3) is 5.35. The van der Waals surface area contributed by atoms with Crippen LogP contribution in [0.15, 0.2) is 89.8 Å². The predicted octanol–water partition coefficient (Wildman–Crippen LogP) is 3.95. The third-order valence-electron chi connectivity index (χ3n) is 6.98. The van der Waals surface area contributed by atoms with Crippen LogP contribution in [0.25, 0.3) is 11.1 Å². The number of nitrogens with one attached hydrogen (secondary N) is 2. The van der Waals surface area contributed by atoms with Crippen molar-refractivity contribution < 1.29 is 37.4 Å². The molecule has 1 aliphatic rings. The summed E-state index contributed by atoms with van der Waals surface area (Å²) in [6.45, 7) is -0.212. The normalized spacial score (nSPS) is 12.7. The van der Waals surface area contributed by atoms with Crippen molar-refractivity contribution in [1.29, 1.82) is 0 Å². The molecular weight excluding hydrogens is 560 g/mol. The monoisotopic (exact) mass is 586 g/mol. The summed E-state index contributed by atoms with van der Waals surface area (Å²) < 4.78 is 38.7. The van der Waals surface area contributed by atoms with Gasteiger partial charge in [0.25, 0.3) is 5.91 Å². The Labute approximate surface area is 242 Å². The van der Waals surface area contributed by atoms with Gasteiger partial charge in [0.05, 0.1) is 19.1 Å². The van der Waals surface area contributed by atoms with Crippen molar-refractivity contribution in [3.8, 4) is 22.6 Å². The zero-order valence-corrected chi connectivity index (χ0v) is 23.4. The van der Waals surface area contributed by atoms with Gasteiger partial charge in [0.15, 0.2) is 11.8 Å². The van der Waals surface area contributed by atoms with Crippen molar-refractivity contribution in [2.75, 3.05) is 14.2 Å². The van der Waals surface area contributed by atoms with Crippen molar-refractivity contribution in [3.05, 3.63) is 113 Å². The standard InChI is InChI=1S/C31H26N2O8S/c1-40-20-11-13-21(14-12-20)42(38,39)32-17-19-16-18(10-15-26(19)41-2)28(31(36)37)33-30(35)25-9-5-8-24-27(25)22-6-3-4-7-23(22)29(24)34/h3-16,28,32H,17H2,1-2H3,(H,33,35)(H,36,37). The van der Waals surface area contributed by atoms with Crippen molar-refractivity contribution in [2.45, 2.75) is 17.5 Å². The van der Waals surface area contributed by atoms with Crippen LogP contribution in [-0.2, 0) is 21.4 Å². The minimum Gasteiger partial charge on any atom is -0.497 e. The molecule has 4 aromatic rings. The van der Waals surface area contributed by atoms with Crippen LogP contribution >= 0.6 is 0 Å². The highest BCUT2D eigenvalue weighted by Crippen LogP contribution is 2.39. The van der Waals surface area contributed by atoms with Gasteiger partial charge in [-0.1, -0.05) is 42.5 Å². The fourth-order valence-corrected chi connectivity index (χ4v) is 5.90. The Kier molecular flexibility index (Phi) is 7.79. The highest BCUT2D eigenvalue weighted by atomic mass is 32.2. The summed E-state index contributed by atoms with van der Waals surface area (Å²) in [6.07, 6.45) is 0. The third-order valence-corrected chi connectivity index (χ3v) is 8.39. The molecule has 4 aromatic carbocycles. The lowest BCUT2D eigenvalue weighted by Gasteiger charge is -2.19. The Morgan fingerprint density at radius 3 is 2.21 bits per heavy atom. The summed E-state index contributed by atoms with van der Waals surface area (Å²) in [4.78, 5) is 38.7. The molecule has 214 valence electrons. The van der Waals surface area contributed by atoms with Crippen molar-refractivity contribution in [1.82, 2.24) is 10.0 Å². The topological polar surface area (TPSA) is 148 Å². The first kappa shape index (κ1) is 28.5. The number of ether oxygens (including phenoxy) is 2. The molecule has 1 unspecified atom stereocenters. The second-order valence-electron chi connectivity index (χ2n) is 9.42. The zero-order chi connectivity index (χ0) is 30.0. The summed E-state index contributed by atoms with van der Waals surface area (Å²) in [5.41, 5.74) is 2.60. The average molecular weight is 587 g/mol. The van der Waals surface area contributed by atoms with Gasteiger partial charge in [0.2, 0.25) is 10.0 Å². The molecule has 0 radical (unpaired) electrons. The molecule has 0 aliphatic heterocycles. The first-order chi connectivity index (χ1) is 20.1. The van der Waals surface area contributed by atoms with Crippen LogP contribution in [0.2, 0.25) is 0 Å². The lowest BCUT2D eigenvalue weighted by molar-refractivity contribution is -0.139. The molecule has 0 aromatic heterocycles. The number of ketones is 1. The number of hydrogen-bond donors (Lipinski definition) is 3. The van der Waals surface area contributed by atoms with E-state index in [2.05, 4.69) is 10.0 Å². The van der Waals surface area contributed by atoms with Gasteiger partial charge >= 0.3 is 5.97 Å². The van der Waals surface area contributed by atoms with E-state index >= 15 is 0 Å². The quantitative estimate of drug-likeness (QED) is 0.223. The summed E-state index contributed by atoms with van der Waals surface area (Å²) >= 11 is 0. The fraction of sp³-hybridized carbons (Fsp3) is 0.129. The molecule has 0 fully saturated rings. The smallest absolute Gasteiger partial charge is 0.330 e.